The Morgan fingerprint density at radius 1 is 1.43 bits per heavy atom. The molecule has 78 valence electrons. The summed E-state index contributed by atoms with van der Waals surface area (Å²) >= 11 is 0. The summed E-state index contributed by atoms with van der Waals surface area (Å²) in [7, 11) is 0. The van der Waals surface area contributed by atoms with Crippen LogP contribution >= 0.6 is 12.4 Å². The average Bonchev–Trinajstić information content (AvgIpc) is 2.91. The summed E-state index contributed by atoms with van der Waals surface area (Å²) in [5.74, 6) is 0.178. The normalized spacial score (nSPS) is 17.3. The van der Waals surface area contributed by atoms with Crippen LogP contribution < -0.4 is 5.73 Å². The van der Waals surface area contributed by atoms with Crippen molar-refractivity contribution >= 4 is 12.4 Å². The lowest BCUT2D eigenvalue weighted by molar-refractivity contribution is 0.453. The summed E-state index contributed by atoms with van der Waals surface area (Å²) < 4.78 is 12.8. The summed E-state index contributed by atoms with van der Waals surface area (Å²) in [6, 6.07) is 3.69. The van der Waals surface area contributed by atoms with Crippen molar-refractivity contribution in [3.8, 4) is 5.75 Å². The van der Waals surface area contributed by atoms with Crippen LogP contribution in [0.1, 0.15) is 24.4 Å². The van der Waals surface area contributed by atoms with E-state index in [1.165, 1.54) is 18.2 Å². The molecular formula is C10H13ClFNO. The van der Waals surface area contributed by atoms with Crippen molar-refractivity contribution in [1.29, 1.82) is 0 Å². The molecule has 0 bridgehead atoms. The Morgan fingerprint density at radius 3 is 2.64 bits per heavy atom. The summed E-state index contributed by atoms with van der Waals surface area (Å²) in [5, 5.41) is 9.44. The van der Waals surface area contributed by atoms with E-state index in [1.54, 1.807) is 0 Å². The molecule has 0 heterocycles. The highest BCUT2D eigenvalue weighted by atomic mass is 35.5. The number of benzene rings is 1. The Kier molecular flexibility index (Phi) is 3.34. The quantitative estimate of drug-likeness (QED) is 0.799. The molecular weight excluding hydrogens is 205 g/mol. The second-order valence-corrected chi connectivity index (χ2v) is 3.57. The van der Waals surface area contributed by atoms with Crippen LogP contribution in [0.15, 0.2) is 18.2 Å². The highest BCUT2D eigenvalue weighted by Gasteiger charge is 2.31. The van der Waals surface area contributed by atoms with Gasteiger partial charge < -0.3 is 10.8 Å². The minimum Gasteiger partial charge on any atom is -0.508 e. The van der Waals surface area contributed by atoms with Gasteiger partial charge in [-0.05, 0) is 37.0 Å². The van der Waals surface area contributed by atoms with E-state index in [4.69, 9.17) is 5.73 Å². The van der Waals surface area contributed by atoms with Crippen molar-refractivity contribution in [2.75, 3.05) is 0 Å². The molecule has 0 aromatic heterocycles. The number of nitrogens with two attached hydrogens (primary N) is 1. The zero-order valence-corrected chi connectivity index (χ0v) is 8.43. The molecule has 0 spiro atoms. The Balaban J connectivity index is 0.000000980. The molecule has 1 aliphatic carbocycles. The largest absolute Gasteiger partial charge is 0.508 e. The van der Waals surface area contributed by atoms with Gasteiger partial charge in [0.25, 0.3) is 0 Å². The maximum Gasteiger partial charge on any atom is 0.123 e. The van der Waals surface area contributed by atoms with Gasteiger partial charge in [-0.15, -0.1) is 12.4 Å². The fourth-order valence-corrected chi connectivity index (χ4v) is 1.50. The van der Waals surface area contributed by atoms with Crippen LogP contribution in [0.5, 0.6) is 5.75 Å². The van der Waals surface area contributed by atoms with Crippen LogP contribution in [0.3, 0.4) is 0 Å². The summed E-state index contributed by atoms with van der Waals surface area (Å²) in [4.78, 5) is 0. The molecule has 1 aromatic rings. The second kappa shape index (κ2) is 4.15. The molecule has 14 heavy (non-hydrogen) atoms. The van der Waals surface area contributed by atoms with Gasteiger partial charge in [-0.25, -0.2) is 4.39 Å². The van der Waals surface area contributed by atoms with E-state index in [0.717, 1.165) is 12.8 Å². The predicted molar refractivity (Wildman–Crippen MR) is 55.0 cm³/mol. The number of hydrogen-bond acceptors (Lipinski definition) is 2. The number of phenolic OH excluding ortho intramolecular Hbond substituents is 1. The van der Waals surface area contributed by atoms with Gasteiger partial charge in [-0.1, -0.05) is 0 Å². The van der Waals surface area contributed by atoms with Gasteiger partial charge in [0.1, 0.15) is 11.6 Å². The van der Waals surface area contributed by atoms with E-state index in [2.05, 4.69) is 0 Å². The maximum atomic E-state index is 12.8. The molecule has 0 amide bonds. The molecule has 1 aromatic carbocycles. The molecule has 4 heteroatoms. The first-order valence-electron chi connectivity index (χ1n) is 4.42. The summed E-state index contributed by atoms with van der Waals surface area (Å²) in [5.41, 5.74) is 6.37. The van der Waals surface area contributed by atoms with E-state index >= 15 is 0 Å². The molecule has 1 saturated carbocycles. The molecule has 2 rings (SSSR count). The Hall–Kier alpha value is -0.800. The molecule has 1 atom stereocenters. The van der Waals surface area contributed by atoms with Crippen LogP contribution in [0.2, 0.25) is 0 Å². The molecule has 3 N–H and O–H groups in total. The van der Waals surface area contributed by atoms with Crippen LogP contribution in [-0.2, 0) is 0 Å². The van der Waals surface area contributed by atoms with Crippen LogP contribution in [-0.4, -0.2) is 5.11 Å². The number of hydrogen-bond donors (Lipinski definition) is 2. The van der Waals surface area contributed by atoms with Crippen molar-refractivity contribution in [3.63, 3.8) is 0 Å². The fraction of sp³-hybridized carbons (Fsp3) is 0.400. The predicted octanol–water partition coefficient (Wildman–Crippen LogP) is 2.36. The topological polar surface area (TPSA) is 46.2 Å². The Morgan fingerprint density at radius 2 is 2.07 bits per heavy atom. The average molecular weight is 218 g/mol. The van der Waals surface area contributed by atoms with Crippen LogP contribution in [0.4, 0.5) is 4.39 Å². The van der Waals surface area contributed by atoms with Gasteiger partial charge >= 0.3 is 0 Å². The highest BCUT2D eigenvalue weighted by molar-refractivity contribution is 5.85. The SMILES string of the molecule is Cl.NC(c1cc(F)ccc1O)C1CC1. The minimum absolute atomic E-state index is 0. The van der Waals surface area contributed by atoms with E-state index in [0.29, 0.717) is 11.5 Å². The first kappa shape index (κ1) is 11.3. The lowest BCUT2D eigenvalue weighted by Gasteiger charge is -2.12. The Labute approximate surface area is 88.3 Å². The van der Waals surface area contributed by atoms with Gasteiger partial charge in [-0.2, -0.15) is 0 Å². The van der Waals surface area contributed by atoms with Crippen LogP contribution in [0, 0.1) is 11.7 Å². The lowest BCUT2D eigenvalue weighted by Crippen LogP contribution is -2.12. The second-order valence-electron chi connectivity index (χ2n) is 3.57. The molecule has 2 nitrogen and oxygen atoms in total. The zero-order valence-electron chi connectivity index (χ0n) is 7.61. The van der Waals surface area contributed by atoms with Crippen molar-refractivity contribution < 1.29 is 9.50 Å². The third-order valence-corrected chi connectivity index (χ3v) is 2.48. The minimum atomic E-state index is -0.344. The van der Waals surface area contributed by atoms with Crippen molar-refractivity contribution in [1.82, 2.24) is 0 Å². The molecule has 0 saturated heterocycles. The highest BCUT2D eigenvalue weighted by Crippen LogP contribution is 2.41. The third kappa shape index (κ3) is 2.16. The van der Waals surface area contributed by atoms with E-state index in [1.807, 2.05) is 0 Å². The lowest BCUT2D eigenvalue weighted by atomic mass is 10.0. The number of rotatable bonds is 2. The Bertz CT molecular complexity index is 328. The number of aromatic hydroxyl groups is 1. The fourth-order valence-electron chi connectivity index (χ4n) is 1.50. The molecule has 0 aliphatic heterocycles. The van der Waals surface area contributed by atoms with Gasteiger partial charge in [0.2, 0.25) is 0 Å². The smallest absolute Gasteiger partial charge is 0.123 e. The summed E-state index contributed by atoms with van der Waals surface area (Å²) in [6.45, 7) is 0. The molecule has 0 radical (unpaired) electrons. The van der Waals surface area contributed by atoms with Crippen molar-refractivity contribution in [2.45, 2.75) is 18.9 Å². The van der Waals surface area contributed by atoms with E-state index in [9.17, 15) is 9.50 Å². The van der Waals surface area contributed by atoms with E-state index < -0.39 is 0 Å². The zero-order chi connectivity index (χ0) is 9.42. The van der Waals surface area contributed by atoms with Crippen LogP contribution in [0.25, 0.3) is 0 Å². The molecule has 1 unspecified atom stereocenters. The van der Waals surface area contributed by atoms with E-state index in [-0.39, 0.29) is 30.0 Å². The van der Waals surface area contributed by atoms with Crippen molar-refractivity contribution in [2.24, 2.45) is 11.7 Å². The standard InChI is InChI=1S/C10H12FNO.ClH/c11-7-3-4-9(13)8(5-7)10(12)6-1-2-6;/h3-6,10,13H,1-2,12H2;1H. The first-order valence-corrected chi connectivity index (χ1v) is 4.42. The first-order chi connectivity index (χ1) is 6.18. The number of phenols is 1. The van der Waals surface area contributed by atoms with Crippen molar-refractivity contribution in [3.05, 3.63) is 29.6 Å². The van der Waals surface area contributed by atoms with Gasteiger partial charge in [0.15, 0.2) is 0 Å². The summed E-state index contributed by atoms with van der Waals surface area (Å²) in [6.07, 6.45) is 2.16. The third-order valence-electron chi connectivity index (χ3n) is 2.48. The number of halogens is 2. The molecule has 1 aliphatic rings. The van der Waals surface area contributed by atoms with Gasteiger partial charge in [-0.3, -0.25) is 0 Å². The van der Waals surface area contributed by atoms with Gasteiger partial charge in [0.05, 0.1) is 0 Å². The maximum absolute atomic E-state index is 12.8. The molecule has 1 fully saturated rings. The monoisotopic (exact) mass is 217 g/mol. The van der Waals surface area contributed by atoms with Gasteiger partial charge in [0, 0.05) is 11.6 Å².